The molecule has 5 nitrogen and oxygen atoms in total. The fourth-order valence-corrected chi connectivity index (χ4v) is 6.65. The molecule has 1 aliphatic rings. The Hall–Kier alpha value is -1.99. The van der Waals surface area contributed by atoms with E-state index in [1.54, 1.807) is 42.5 Å². The number of nitrogens with zero attached hydrogens (tertiary/aromatic N) is 1. The SMILES string of the molecule is CCc1ccc(N(CC(=O)NCCCSC2CCCCC2)S(=O)(=O)c2ccccc2)cc1. The molecule has 0 spiro atoms. The van der Waals surface area contributed by atoms with Crippen LogP contribution in [0.2, 0.25) is 0 Å². The highest BCUT2D eigenvalue weighted by Gasteiger charge is 2.27. The number of hydrogen-bond donors (Lipinski definition) is 1. The van der Waals surface area contributed by atoms with Crippen molar-refractivity contribution in [2.75, 3.05) is 23.1 Å². The molecule has 174 valence electrons. The van der Waals surface area contributed by atoms with Gasteiger partial charge in [0.1, 0.15) is 6.54 Å². The van der Waals surface area contributed by atoms with Gasteiger partial charge in [0.15, 0.2) is 0 Å². The zero-order valence-electron chi connectivity index (χ0n) is 18.8. The smallest absolute Gasteiger partial charge is 0.264 e. The van der Waals surface area contributed by atoms with E-state index in [0.29, 0.717) is 12.2 Å². The first-order chi connectivity index (χ1) is 15.5. The summed E-state index contributed by atoms with van der Waals surface area (Å²) in [5, 5.41) is 3.67. The molecule has 7 heteroatoms. The molecule has 0 atom stereocenters. The lowest BCUT2D eigenvalue weighted by Gasteiger charge is -2.24. The maximum atomic E-state index is 13.3. The van der Waals surface area contributed by atoms with Gasteiger partial charge in [0.05, 0.1) is 10.6 Å². The fourth-order valence-electron chi connectivity index (χ4n) is 3.90. The van der Waals surface area contributed by atoms with Crippen molar-refractivity contribution in [3.63, 3.8) is 0 Å². The largest absolute Gasteiger partial charge is 0.354 e. The molecule has 0 heterocycles. The number of benzene rings is 2. The van der Waals surface area contributed by atoms with Gasteiger partial charge in [-0.3, -0.25) is 9.10 Å². The Morgan fingerprint density at radius 3 is 2.38 bits per heavy atom. The van der Waals surface area contributed by atoms with Crippen molar-refractivity contribution < 1.29 is 13.2 Å². The minimum Gasteiger partial charge on any atom is -0.354 e. The zero-order valence-corrected chi connectivity index (χ0v) is 20.5. The maximum absolute atomic E-state index is 13.3. The van der Waals surface area contributed by atoms with Crippen LogP contribution in [0.1, 0.15) is 51.0 Å². The standard InChI is InChI=1S/C25H34N2O3S2/c1-2-21-14-16-22(17-15-21)27(32(29,30)24-12-7-4-8-13-24)20-25(28)26-18-9-19-31-23-10-5-3-6-11-23/h4,7-8,12-17,23H,2-3,5-6,9-11,18-20H2,1H3,(H,26,28). The highest BCUT2D eigenvalue weighted by molar-refractivity contribution is 7.99. The maximum Gasteiger partial charge on any atom is 0.264 e. The summed E-state index contributed by atoms with van der Waals surface area (Å²) in [5.41, 5.74) is 1.61. The number of nitrogens with one attached hydrogen (secondary N) is 1. The molecule has 0 bridgehead atoms. The first-order valence-corrected chi connectivity index (χ1v) is 14.0. The van der Waals surface area contributed by atoms with Crippen LogP contribution in [0.25, 0.3) is 0 Å². The molecule has 2 aromatic rings. The second-order valence-corrected chi connectivity index (χ2v) is 11.4. The van der Waals surface area contributed by atoms with E-state index < -0.39 is 10.0 Å². The van der Waals surface area contributed by atoms with E-state index in [1.165, 1.54) is 36.4 Å². The van der Waals surface area contributed by atoms with Crippen LogP contribution in [0.3, 0.4) is 0 Å². The Bertz CT molecular complexity index is 941. The number of thioether (sulfide) groups is 1. The van der Waals surface area contributed by atoms with E-state index in [2.05, 4.69) is 5.32 Å². The summed E-state index contributed by atoms with van der Waals surface area (Å²) >= 11 is 2.01. The Labute approximate surface area is 197 Å². The van der Waals surface area contributed by atoms with Crippen LogP contribution < -0.4 is 9.62 Å². The average Bonchev–Trinajstić information content (AvgIpc) is 2.83. The molecule has 1 fully saturated rings. The lowest BCUT2D eigenvalue weighted by Crippen LogP contribution is -2.41. The number of aryl methyl sites for hydroxylation is 1. The third-order valence-electron chi connectivity index (χ3n) is 5.80. The van der Waals surface area contributed by atoms with E-state index in [1.807, 2.05) is 30.8 Å². The predicted molar refractivity (Wildman–Crippen MR) is 134 cm³/mol. The molecule has 1 amide bonds. The van der Waals surface area contributed by atoms with Gasteiger partial charge < -0.3 is 5.32 Å². The van der Waals surface area contributed by atoms with E-state index >= 15 is 0 Å². The van der Waals surface area contributed by atoms with Crippen molar-refractivity contribution in [3.05, 3.63) is 60.2 Å². The topological polar surface area (TPSA) is 66.5 Å². The van der Waals surface area contributed by atoms with Gasteiger partial charge in [0, 0.05) is 11.8 Å². The zero-order chi connectivity index (χ0) is 22.8. The van der Waals surface area contributed by atoms with Gasteiger partial charge in [-0.25, -0.2) is 8.42 Å². The van der Waals surface area contributed by atoms with Crippen LogP contribution in [0.15, 0.2) is 59.5 Å². The summed E-state index contributed by atoms with van der Waals surface area (Å²) in [6.07, 6.45) is 8.39. The highest BCUT2D eigenvalue weighted by Crippen LogP contribution is 2.28. The van der Waals surface area contributed by atoms with Gasteiger partial charge in [-0.15, -0.1) is 0 Å². The Morgan fingerprint density at radius 1 is 1.03 bits per heavy atom. The summed E-state index contributed by atoms with van der Waals surface area (Å²) in [6.45, 7) is 2.37. The molecule has 0 aliphatic heterocycles. The Kier molecular flexibility index (Phi) is 9.48. The van der Waals surface area contributed by atoms with Crippen LogP contribution in [0, 0.1) is 0 Å². The number of amides is 1. The molecule has 2 aromatic carbocycles. The molecule has 1 N–H and O–H groups in total. The van der Waals surface area contributed by atoms with Gasteiger partial charge in [0.2, 0.25) is 5.91 Å². The lowest BCUT2D eigenvalue weighted by molar-refractivity contribution is -0.119. The second kappa shape index (κ2) is 12.3. The Morgan fingerprint density at radius 2 is 1.72 bits per heavy atom. The Balaban J connectivity index is 1.61. The van der Waals surface area contributed by atoms with Gasteiger partial charge in [-0.2, -0.15) is 11.8 Å². The van der Waals surface area contributed by atoms with Crippen molar-refractivity contribution in [1.29, 1.82) is 0 Å². The number of sulfonamides is 1. The minimum atomic E-state index is -3.85. The monoisotopic (exact) mass is 474 g/mol. The van der Waals surface area contributed by atoms with Crippen molar-refractivity contribution >= 4 is 33.4 Å². The first kappa shape index (κ1) is 24.6. The summed E-state index contributed by atoms with van der Waals surface area (Å²) in [5.74, 6) is 0.738. The van der Waals surface area contributed by atoms with Gasteiger partial charge in [0.25, 0.3) is 10.0 Å². The molecule has 0 aromatic heterocycles. The second-order valence-electron chi connectivity index (χ2n) is 8.18. The van der Waals surface area contributed by atoms with E-state index in [-0.39, 0.29) is 17.3 Å². The van der Waals surface area contributed by atoms with Crippen molar-refractivity contribution in [1.82, 2.24) is 5.32 Å². The minimum absolute atomic E-state index is 0.177. The third-order valence-corrected chi connectivity index (χ3v) is 9.06. The van der Waals surface area contributed by atoms with E-state index in [9.17, 15) is 13.2 Å². The number of carbonyl (C=O) groups is 1. The van der Waals surface area contributed by atoms with Crippen molar-refractivity contribution in [3.8, 4) is 0 Å². The summed E-state index contributed by atoms with van der Waals surface area (Å²) in [4.78, 5) is 12.8. The quantitative estimate of drug-likeness (QED) is 0.465. The van der Waals surface area contributed by atoms with Crippen LogP contribution in [-0.4, -0.2) is 38.4 Å². The van der Waals surface area contributed by atoms with Gasteiger partial charge in [-0.1, -0.05) is 56.5 Å². The molecule has 0 saturated heterocycles. The highest BCUT2D eigenvalue weighted by atomic mass is 32.2. The molecule has 1 saturated carbocycles. The first-order valence-electron chi connectivity index (χ1n) is 11.6. The number of hydrogen-bond acceptors (Lipinski definition) is 4. The van der Waals surface area contributed by atoms with Crippen LogP contribution in [0.4, 0.5) is 5.69 Å². The molecular formula is C25H34N2O3S2. The predicted octanol–water partition coefficient (Wildman–Crippen LogP) is 5.02. The summed E-state index contributed by atoms with van der Waals surface area (Å²) in [6, 6.07) is 15.6. The van der Waals surface area contributed by atoms with E-state index in [4.69, 9.17) is 0 Å². The number of anilines is 1. The van der Waals surface area contributed by atoms with Crippen LogP contribution in [-0.2, 0) is 21.2 Å². The number of carbonyl (C=O) groups excluding carboxylic acids is 1. The third kappa shape index (κ3) is 7.01. The molecule has 1 aliphatic carbocycles. The van der Waals surface area contributed by atoms with Crippen LogP contribution in [0.5, 0.6) is 0 Å². The van der Waals surface area contributed by atoms with Crippen molar-refractivity contribution in [2.45, 2.75) is 62.0 Å². The molecular weight excluding hydrogens is 440 g/mol. The molecule has 3 rings (SSSR count). The van der Waals surface area contributed by atoms with Gasteiger partial charge in [-0.05, 0) is 61.3 Å². The molecule has 0 unspecified atom stereocenters. The van der Waals surface area contributed by atoms with Gasteiger partial charge >= 0.3 is 0 Å². The summed E-state index contributed by atoms with van der Waals surface area (Å²) < 4.78 is 27.8. The van der Waals surface area contributed by atoms with Crippen molar-refractivity contribution in [2.24, 2.45) is 0 Å². The lowest BCUT2D eigenvalue weighted by atomic mass is 10.0. The van der Waals surface area contributed by atoms with E-state index in [0.717, 1.165) is 29.4 Å². The number of rotatable bonds is 11. The average molecular weight is 475 g/mol. The molecule has 32 heavy (non-hydrogen) atoms. The summed E-state index contributed by atoms with van der Waals surface area (Å²) in [7, 11) is -3.85. The van der Waals surface area contributed by atoms with Crippen LogP contribution >= 0.6 is 11.8 Å². The molecule has 0 radical (unpaired) electrons. The normalized spacial score (nSPS) is 14.8. The fraction of sp³-hybridized carbons (Fsp3) is 0.480.